The molecule has 0 aliphatic rings. The first-order valence-corrected chi connectivity index (χ1v) is 5.49. The van der Waals surface area contributed by atoms with Crippen molar-refractivity contribution in [3.8, 4) is 5.69 Å². The lowest BCUT2D eigenvalue weighted by Crippen LogP contribution is -2.07. The number of halogens is 1. The van der Waals surface area contributed by atoms with Crippen LogP contribution < -0.4 is 5.01 Å². The van der Waals surface area contributed by atoms with Crippen LogP contribution in [0.25, 0.3) is 5.69 Å². The molecule has 6 heteroatoms. The van der Waals surface area contributed by atoms with Crippen molar-refractivity contribution in [3.63, 3.8) is 0 Å². The minimum Gasteiger partial charge on any atom is -0.238 e. The van der Waals surface area contributed by atoms with Crippen LogP contribution in [-0.4, -0.2) is 9.78 Å². The van der Waals surface area contributed by atoms with E-state index in [0.717, 1.165) is 0 Å². The first-order valence-electron chi connectivity index (χ1n) is 5.49. The van der Waals surface area contributed by atoms with Gasteiger partial charge in [0.1, 0.15) is 5.69 Å². The van der Waals surface area contributed by atoms with Gasteiger partial charge in [-0.05, 0) is 18.2 Å². The molecule has 0 atom stereocenters. The van der Waals surface area contributed by atoms with Crippen molar-refractivity contribution in [2.75, 3.05) is 5.01 Å². The molecule has 0 aliphatic heterocycles. The van der Waals surface area contributed by atoms with Gasteiger partial charge in [0.25, 0.3) is 0 Å². The van der Waals surface area contributed by atoms with Crippen LogP contribution in [0.3, 0.4) is 0 Å². The largest absolute Gasteiger partial charge is 0.238 e. The van der Waals surface area contributed by atoms with Gasteiger partial charge in [-0.3, -0.25) is 0 Å². The minimum absolute atomic E-state index is 0.360. The van der Waals surface area contributed by atoms with Gasteiger partial charge in [-0.1, -0.05) is 18.4 Å². The highest BCUT2D eigenvalue weighted by atomic mass is 19.1. The molecule has 2 aromatic rings. The molecule has 0 bridgehead atoms. The average molecular weight is 257 g/mol. The van der Waals surface area contributed by atoms with Gasteiger partial charge in [-0.15, -0.1) is 5.11 Å². The van der Waals surface area contributed by atoms with Gasteiger partial charge in [0, 0.05) is 30.9 Å². The Kier molecular flexibility index (Phi) is 3.82. The van der Waals surface area contributed by atoms with Crippen molar-refractivity contribution >= 4 is 5.69 Å². The quantitative estimate of drug-likeness (QED) is 0.608. The third kappa shape index (κ3) is 2.74. The Hall–Kier alpha value is -2.76. The predicted molar refractivity (Wildman–Crippen MR) is 71.3 cm³/mol. The smallest absolute Gasteiger partial charge is 0.151 e. The third-order valence-electron chi connectivity index (χ3n) is 2.35. The highest BCUT2D eigenvalue weighted by Crippen LogP contribution is 2.21. The number of hydrogen-bond acceptors (Lipinski definition) is 3. The number of benzene rings is 1. The molecule has 19 heavy (non-hydrogen) atoms. The minimum atomic E-state index is -0.415. The topological polar surface area (TPSA) is 45.8 Å². The molecule has 1 aromatic carbocycles. The molecule has 1 heterocycles. The summed E-state index contributed by atoms with van der Waals surface area (Å²) in [5.41, 5.74) is 0.868. The Morgan fingerprint density at radius 3 is 2.79 bits per heavy atom. The van der Waals surface area contributed by atoms with E-state index in [9.17, 15) is 4.39 Å². The van der Waals surface area contributed by atoms with Crippen molar-refractivity contribution in [2.45, 2.75) is 0 Å². The first kappa shape index (κ1) is 12.7. The number of aromatic nitrogens is 2. The van der Waals surface area contributed by atoms with Crippen LogP contribution in [-0.2, 0) is 0 Å². The lowest BCUT2D eigenvalue weighted by Gasteiger charge is -2.13. The average Bonchev–Trinajstić information content (AvgIpc) is 2.93. The zero-order chi connectivity index (χ0) is 13.7. The van der Waals surface area contributed by atoms with Gasteiger partial charge in [-0.2, -0.15) is 5.10 Å². The predicted octanol–water partition coefficient (Wildman–Crippen LogP) is 3.47. The molecule has 0 spiro atoms. The first-order chi connectivity index (χ1) is 9.26. The van der Waals surface area contributed by atoms with E-state index in [1.807, 2.05) is 0 Å². The molecule has 0 N–H and O–H groups in total. The maximum Gasteiger partial charge on any atom is 0.151 e. The van der Waals surface area contributed by atoms with E-state index < -0.39 is 5.82 Å². The SMILES string of the molecule is C=CN=NN(C=C)c1ccc(-n2cccn2)c(F)c1. The Bertz CT molecular complexity index is 604. The monoisotopic (exact) mass is 257 g/mol. The highest BCUT2D eigenvalue weighted by Gasteiger charge is 2.08. The number of anilines is 1. The van der Waals surface area contributed by atoms with Crippen LogP contribution in [0.4, 0.5) is 10.1 Å². The van der Waals surface area contributed by atoms with Crippen molar-refractivity contribution in [1.29, 1.82) is 0 Å². The molecule has 0 radical (unpaired) electrons. The fourth-order valence-corrected chi connectivity index (χ4v) is 1.52. The summed E-state index contributed by atoms with van der Waals surface area (Å²) < 4.78 is 15.5. The van der Waals surface area contributed by atoms with E-state index in [2.05, 4.69) is 28.6 Å². The van der Waals surface area contributed by atoms with E-state index >= 15 is 0 Å². The molecule has 1 aromatic heterocycles. The van der Waals surface area contributed by atoms with Crippen molar-refractivity contribution in [3.05, 3.63) is 68.0 Å². The highest BCUT2D eigenvalue weighted by molar-refractivity contribution is 5.52. The maximum absolute atomic E-state index is 14.0. The van der Waals surface area contributed by atoms with Crippen molar-refractivity contribution < 1.29 is 4.39 Å². The lowest BCUT2D eigenvalue weighted by atomic mass is 10.2. The van der Waals surface area contributed by atoms with E-state index in [1.54, 1.807) is 30.6 Å². The second kappa shape index (κ2) is 5.72. The Morgan fingerprint density at radius 2 is 2.21 bits per heavy atom. The van der Waals surface area contributed by atoms with Crippen molar-refractivity contribution in [2.24, 2.45) is 10.3 Å². The molecule has 96 valence electrons. The molecule has 0 aliphatic carbocycles. The van der Waals surface area contributed by atoms with E-state index in [0.29, 0.717) is 11.4 Å². The van der Waals surface area contributed by atoms with Gasteiger partial charge >= 0.3 is 0 Å². The fourth-order valence-electron chi connectivity index (χ4n) is 1.52. The summed E-state index contributed by atoms with van der Waals surface area (Å²) >= 11 is 0. The molecule has 0 fully saturated rings. The summed E-state index contributed by atoms with van der Waals surface area (Å²) in [5, 5.41) is 12.7. The van der Waals surface area contributed by atoms with Gasteiger partial charge in [0.15, 0.2) is 5.82 Å². The summed E-state index contributed by atoms with van der Waals surface area (Å²) in [6.07, 6.45) is 5.96. The van der Waals surface area contributed by atoms with Gasteiger partial charge < -0.3 is 0 Å². The second-order valence-corrected chi connectivity index (χ2v) is 3.50. The Balaban J connectivity index is 2.35. The zero-order valence-corrected chi connectivity index (χ0v) is 10.1. The molecule has 5 nitrogen and oxygen atoms in total. The molecular weight excluding hydrogens is 245 g/mol. The fraction of sp³-hybridized carbons (Fsp3) is 0. The molecule has 2 rings (SSSR count). The Morgan fingerprint density at radius 1 is 1.37 bits per heavy atom. The normalized spacial score (nSPS) is 10.6. The molecular formula is C13H12FN5. The summed E-state index contributed by atoms with van der Waals surface area (Å²) in [7, 11) is 0. The summed E-state index contributed by atoms with van der Waals surface area (Å²) in [4.78, 5) is 0. The molecule has 0 saturated heterocycles. The maximum atomic E-state index is 14.0. The summed E-state index contributed by atoms with van der Waals surface area (Å²) in [5.74, 6) is -0.415. The van der Waals surface area contributed by atoms with Crippen LogP contribution >= 0.6 is 0 Å². The van der Waals surface area contributed by atoms with E-state index in [-0.39, 0.29) is 0 Å². The van der Waals surface area contributed by atoms with Crippen molar-refractivity contribution in [1.82, 2.24) is 9.78 Å². The van der Waals surface area contributed by atoms with Crippen LogP contribution in [0.2, 0.25) is 0 Å². The molecule has 0 saturated carbocycles. The number of hydrogen-bond donors (Lipinski definition) is 0. The lowest BCUT2D eigenvalue weighted by molar-refractivity contribution is 0.610. The summed E-state index contributed by atoms with van der Waals surface area (Å²) in [6, 6.07) is 6.37. The second-order valence-electron chi connectivity index (χ2n) is 3.50. The zero-order valence-electron chi connectivity index (χ0n) is 10.1. The Labute approximate surface area is 110 Å². The summed E-state index contributed by atoms with van der Waals surface area (Å²) in [6.45, 7) is 7.01. The van der Waals surface area contributed by atoms with Gasteiger partial charge in [0.05, 0.1) is 5.69 Å². The van der Waals surface area contributed by atoms with Crippen LogP contribution in [0.15, 0.2) is 72.6 Å². The van der Waals surface area contributed by atoms with Crippen LogP contribution in [0.1, 0.15) is 0 Å². The van der Waals surface area contributed by atoms with Crippen LogP contribution in [0, 0.1) is 5.82 Å². The van der Waals surface area contributed by atoms with Gasteiger partial charge in [0.2, 0.25) is 0 Å². The molecule has 0 amide bonds. The van der Waals surface area contributed by atoms with E-state index in [1.165, 1.54) is 28.2 Å². The van der Waals surface area contributed by atoms with Crippen LogP contribution in [0.5, 0.6) is 0 Å². The number of nitrogens with zero attached hydrogens (tertiary/aromatic N) is 5. The van der Waals surface area contributed by atoms with E-state index in [4.69, 9.17) is 0 Å². The third-order valence-corrected chi connectivity index (χ3v) is 2.35. The van der Waals surface area contributed by atoms with Gasteiger partial charge in [-0.25, -0.2) is 14.1 Å². The number of rotatable bonds is 5. The standard InChI is InChI=1S/C13H12FN5/c1-3-15-17-18(4-2)11-6-7-13(12(14)10-11)19-9-5-8-16-19/h3-10H,1-2H2. The molecule has 0 unspecified atom stereocenters.